The fraction of sp³-hybridized carbons (Fsp3) is 0.625. The number of ether oxygens (including phenoxy) is 2. The van der Waals surface area contributed by atoms with Crippen molar-refractivity contribution in [2.75, 3.05) is 52.6 Å². The molecule has 8 nitrogen and oxygen atoms in total. The molecule has 0 atom stereocenters. The molecule has 146 valence electrons. The van der Waals surface area contributed by atoms with Crippen molar-refractivity contribution in [2.24, 2.45) is 0 Å². The molecule has 2 aliphatic heterocycles. The smallest absolute Gasteiger partial charge is 0.243 e. The van der Waals surface area contributed by atoms with E-state index in [2.05, 4.69) is 0 Å². The van der Waals surface area contributed by atoms with Crippen LogP contribution >= 0.6 is 0 Å². The number of morpholine rings is 2. The van der Waals surface area contributed by atoms with Gasteiger partial charge in [-0.3, -0.25) is 0 Å². The molecule has 1 aromatic carbocycles. The van der Waals surface area contributed by atoms with E-state index in [1.165, 1.54) is 14.7 Å². The molecular formula is C16H24N2O6S2. The highest BCUT2D eigenvalue weighted by molar-refractivity contribution is 7.90. The standard InChI is InChI=1S/C16H24N2O6S2/c1-13-11-14(2)16(26(21,22)18-5-9-24-10-6-18)12-15(13)25(19,20)17-3-7-23-8-4-17/h11-12H,3-10H2,1-2H3. The first-order valence-corrected chi connectivity index (χ1v) is 11.4. The molecule has 3 rings (SSSR count). The van der Waals surface area contributed by atoms with E-state index in [1.54, 1.807) is 19.9 Å². The molecular weight excluding hydrogens is 380 g/mol. The van der Waals surface area contributed by atoms with Crippen molar-refractivity contribution in [3.63, 3.8) is 0 Å². The van der Waals surface area contributed by atoms with E-state index in [1.807, 2.05) is 0 Å². The highest BCUT2D eigenvalue weighted by Crippen LogP contribution is 2.29. The molecule has 0 aromatic heterocycles. The monoisotopic (exact) mass is 404 g/mol. The Morgan fingerprint density at radius 1 is 0.692 bits per heavy atom. The van der Waals surface area contributed by atoms with Gasteiger partial charge in [0, 0.05) is 26.2 Å². The van der Waals surface area contributed by atoms with Crippen molar-refractivity contribution in [1.82, 2.24) is 8.61 Å². The molecule has 0 N–H and O–H groups in total. The van der Waals surface area contributed by atoms with Gasteiger partial charge in [0.25, 0.3) is 0 Å². The van der Waals surface area contributed by atoms with E-state index < -0.39 is 20.0 Å². The molecule has 0 aliphatic carbocycles. The van der Waals surface area contributed by atoms with Crippen LogP contribution in [0, 0.1) is 13.8 Å². The molecule has 0 radical (unpaired) electrons. The quantitative estimate of drug-likeness (QED) is 0.719. The summed E-state index contributed by atoms with van der Waals surface area (Å²) >= 11 is 0. The second-order valence-electron chi connectivity index (χ2n) is 6.42. The van der Waals surface area contributed by atoms with E-state index in [4.69, 9.17) is 9.47 Å². The van der Waals surface area contributed by atoms with Crippen LogP contribution in [0.2, 0.25) is 0 Å². The van der Waals surface area contributed by atoms with Crippen LogP contribution in [0.3, 0.4) is 0 Å². The Bertz CT molecular complexity index is 801. The zero-order valence-corrected chi connectivity index (χ0v) is 16.6. The maximum absolute atomic E-state index is 13.0. The van der Waals surface area contributed by atoms with Crippen LogP contribution in [-0.2, 0) is 29.5 Å². The molecule has 0 bridgehead atoms. The zero-order valence-electron chi connectivity index (χ0n) is 15.0. The van der Waals surface area contributed by atoms with Gasteiger partial charge in [-0.15, -0.1) is 0 Å². The summed E-state index contributed by atoms with van der Waals surface area (Å²) in [7, 11) is -7.55. The number of sulfonamides is 2. The molecule has 2 saturated heterocycles. The van der Waals surface area contributed by atoms with Crippen LogP contribution < -0.4 is 0 Å². The summed E-state index contributed by atoms with van der Waals surface area (Å²) < 4.78 is 65.2. The largest absolute Gasteiger partial charge is 0.379 e. The van der Waals surface area contributed by atoms with Gasteiger partial charge in [0.15, 0.2) is 0 Å². The van der Waals surface area contributed by atoms with Crippen LogP contribution in [0.4, 0.5) is 0 Å². The minimum atomic E-state index is -3.78. The van der Waals surface area contributed by atoms with E-state index in [0.717, 1.165) is 0 Å². The van der Waals surface area contributed by atoms with E-state index in [0.29, 0.717) is 37.6 Å². The number of nitrogens with zero attached hydrogens (tertiary/aromatic N) is 2. The van der Waals surface area contributed by atoms with E-state index in [-0.39, 0.29) is 36.0 Å². The first kappa shape index (κ1) is 19.7. The van der Waals surface area contributed by atoms with Crippen LogP contribution in [-0.4, -0.2) is 78.1 Å². The van der Waals surface area contributed by atoms with E-state index >= 15 is 0 Å². The van der Waals surface area contributed by atoms with Gasteiger partial charge in [0.05, 0.1) is 36.2 Å². The summed E-state index contributed by atoms with van der Waals surface area (Å²) in [5, 5.41) is 0. The van der Waals surface area contributed by atoms with Gasteiger partial charge >= 0.3 is 0 Å². The Morgan fingerprint density at radius 3 is 1.38 bits per heavy atom. The Labute approximate surface area is 154 Å². The molecule has 0 amide bonds. The van der Waals surface area contributed by atoms with Crippen molar-refractivity contribution >= 4 is 20.0 Å². The average Bonchev–Trinajstić information content (AvgIpc) is 2.62. The molecule has 2 heterocycles. The number of aryl methyl sites for hydroxylation is 2. The first-order valence-electron chi connectivity index (χ1n) is 8.51. The van der Waals surface area contributed by atoms with Gasteiger partial charge in [0.1, 0.15) is 0 Å². The Kier molecular flexibility index (Phi) is 5.71. The SMILES string of the molecule is Cc1cc(C)c(S(=O)(=O)N2CCOCC2)cc1S(=O)(=O)N1CCOCC1. The summed E-state index contributed by atoms with van der Waals surface area (Å²) in [6.07, 6.45) is 0. The maximum atomic E-state index is 13.0. The molecule has 2 fully saturated rings. The lowest BCUT2D eigenvalue weighted by atomic mass is 10.2. The number of hydrogen-bond donors (Lipinski definition) is 0. The normalized spacial score (nSPS) is 21.0. The van der Waals surface area contributed by atoms with Crippen LogP contribution in [0.5, 0.6) is 0 Å². The molecule has 0 unspecified atom stereocenters. The number of rotatable bonds is 4. The fourth-order valence-corrected chi connectivity index (χ4v) is 6.58. The molecule has 26 heavy (non-hydrogen) atoms. The summed E-state index contributed by atoms with van der Waals surface area (Å²) in [5.41, 5.74) is 1.07. The minimum Gasteiger partial charge on any atom is -0.379 e. The van der Waals surface area contributed by atoms with Gasteiger partial charge in [-0.2, -0.15) is 8.61 Å². The number of hydrogen-bond acceptors (Lipinski definition) is 6. The topological polar surface area (TPSA) is 93.2 Å². The Morgan fingerprint density at radius 2 is 1.04 bits per heavy atom. The van der Waals surface area contributed by atoms with Crippen LogP contribution in [0.15, 0.2) is 21.9 Å². The summed E-state index contributed by atoms with van der Waals surface area (Å²) in [6.45, 7) is 5.78. The van der Waals surface area contributed by atoms with Gasteiger partial charge in [-0.25, -0.2) is 16.8 Å². The lowest BCUT2D eigenvalue weighted by Crippen LogP contribution is -2.42. The van der Waals surface area contributed by atoms with Crippen LogP contribution in [0.25, 0.3) is 0 Å². The summed E-state index contributed by atoms with van der Waals surface area (Å²) in [4.78, 5) is 0.0775. The highest BCUT2D eigenvalue weighted by Gasteiger charge is 2.32. The highest BCUT2D eigenvalue weighted by atomic mass is 32.2. The van der Waals surface area contributed by atoms with Gasteiger partial charge in [-0.05, 0) is 31.0 Å². The third-order valence-electron chi connectivity index (χ3n) is 4.65. The predicted molar refractivity (Wildman–Crippen MR) is 95.1 cm³/mol. The Balaban J connectivity index is 2.04. The zero-order chi connectivity index (χ0) is 18.9. The van der Waals surface area contributed by atoms with Crippen molar-refractivity contribution in [3.05, 3.63) is 23.3 Å². The first-order chi connectivity index (χ1) is 12.2. The van der Waals surface area contributed by atoms with Gasteiger partial charge in [0.2, 0.25) is 20.0 Å². The molecule has 0 spiro atoms. The third kappa shape index (κ3) is 3.67. The van der Waals surface area contributed by atoms with Crippen LogP contribution in [0.1, 0.15) is 11.1 Å². The number of benzene rings is 1. The van der Waals surface area contributed by atoms with Gasteiger partial charge in [-0.1, -0.05) is 6.07 Å². The van der Waals surface area contributed by atoms with Crippen molar-refractivity contribution in [3.8, 4) is 0 Å². The molecule has 2 aliphatic rings. The second kappa shape index (κ2) is 7.53. The van der Waals surface area contributed by atoms with Crippen molar-refractivity contribution in [1.29, 1.82) is 0 Å². The average molecular weight is 405 g/mol. The molecule has 10 heteroatoms. The molecule has 1 aromatic rings. The predicted octanol–water partition coefficient (Wildman–Crippen LogP) is 0.345. The third-order valence-corrected chi connectivity index (χ3v) is 8.73. The molecule has 0 saturated carbocycles. The minimum absolute atomic E-state index is 0.0387. The van der Waals surface area contributed by atoms with Crippen molar-refractivity contribution < 1.29 is 26.3 Å². The Hall–Kier alpha value is -1.04. The fourth-order valence-electron chi connectivity index (χ4n) is 3.22. The van der Waals surface area contributed by atoms with Gasteiger partial charge < -0.3 is 9.47 Å². The van der Waals surface area contributed by atoms with Crippen molar-refractivity contribution in [2.45, 2.75) is 23.6 Å². The maximum Gasteiger partial charge on any atom is 0.243 e. The lowest BCUT2D eigenvalue weighted by molar-refractivity contribution is 0.0728. The lowest BCUT2D eigenvalue weighted by Gasteiger charge is -2.29. The summed E-state index contributed by atoms with van der Waals surface area (Å²) in [5.74, 6) is 0. The summed E-state index contributed by atoms with van der Waals surface area (Å²) in [6, 6.07) is 2.93. The van der Waals surface area contributed by atoms with E-state index in [9.17, 15) is 16.8 Å². The second-order valence-corrected chi connectivity index (χ2v) is 10.2.